The van der Waals surface area contributed by atoms with E-state index in [-0.39, 0.29) is 12.0 Å². The number of carbonyl (C=O) groups is 1. The molecule has 5 nitrogen and oxygen atoms in total. The summed E-state index contributed by atoms with van der Waals surface area (Å²) in [5, 5.41) is 3.14. The number of nitrogens with zero attached hydrogens (tertiary/aromatic N) is 1. The number of ether oxygens (including phenoxy) is 2. The highest BCUT2D eigenvalue weighted by Gasteiger charge is 2.32. The van der Waals surface area contributed by atoms with Gasteiger partial charge in [-0.15, -0.1) is 0 Å². The van der Waals surface area contributed by atoms with E-state index in [0.717, 1.165) is 45.6 Å². The summed E-state index contributed by atoms with van der Waals surface area (Å²) in [6.07, 6.45) is 2.70. The van der Waals surface area contributed by atoms with Crippen molar-refractivity contribution in [3.05, 3.63) is 0 Å². The van der Waals surface area contributed by atoms with Crippen LogP contribution in [-0.2, 0) is 14.3 Å². The van der Waals surface area contributed by atoms with Crippen molar-refractivity contribution in [3.63, 3.8) is 0 Å². The van der Waals surface area contributed by atoms with E-state index in [9.17, 15) is 4.79 Å². The van der Waals surface area contributed by atoms with Gasteiger partial charge >= 0.3 is 0 Å². The van der Waals surface area contributed by atoms with Gasteiger partial charge in [-0.25, -0.2) is 0 Å². The van der Waals surface area contributed by atoms with E-state index in [0.29, 0.717) is 19.1 Å². The van der Waals surface area contributed by atoms with Crippen molar-refractivity contribution >= 4 is 5.91 Å². The van der Waals surface area contributed by atoms with E-state index in [1.165, 1.54) is 0 Å². The molecular weight excluding hydrogens is 232 g/mol. The number of hydrogen-bond donors (Lipinski definition) is 1. The van der Waals surface area contributed by atoms with Crippen LogP contribution in [0.5, 0.6) is 0 Å². The van der Waals surface area contributed by atoms with Crippen LogP contribution in [0.3, 0.4) is 0 Å². The SMILES string of the molecule is CNCCC1COCCN1C(=O)C1CCOCC1. The summed E-state index contributed by atoms with van der Waals surface area (Å²) in [4.78, 5) is 14.6. The molecule has 0 bridgehead atoms. The minimum atomic E-state index is 0.161. The molecule has 2 heterocycles. The van der Waals surface area contributed by atoms with Crippen LogP contribution in [0.15, 0.2) is 0 Å². The smallest absolute Gasteiger partial charge is 0.226 e. The molecule has 2 aliphatic heterocycles. The van der Waals surface area contributed by atoms with Gasteiger partial charge in [0.2, 0.25) is 5.91 Å². The first-order valence-electron chi connectivity index (χ1n) is 6.93. The van der Waals surface area contributed by atoms with Crippen LogP contribution >= 0.6 is 0 Å². The number of nitrogens with one attached hydrogen (secondary N) is 1. The molecule has 5 heteroatoms. The van der Waals surface area contributed by atoms with Crippen molar-refractivity contribution in [2.75, 3.05) is 46.6 Å². The highest BCUT2D eigenvalue weighted by molar-refractivity contribution is 5.79. The van der Waals surface area contributed by atoms with Gasteiger partial charge in [0, 0.05) is 25.7 Å². The Morgan fingerprint density at radius 2 is 2.06 bits per heavy atom. The van der Waals surface area contributed by atoms with E-state index in [1.807, 2.05) is 11.9 Å². The maximum absolute atomic E-state index is 12.5. The maximum Gasteiger partial charge on any atom is 0.226 e. The minimum Gasteiger partial charge on any atom is -0.381 e. The Kier molecular flexibility index (Phi) is 5.41. The highest BCUT2D eigenvalue weighted by atomic mass is 16.5. The predicted molar refractivity (Wildman–Crippen MR) is 68.4 cm³/mol. The maximum atomic E-state index is 12.5. The average Bonchev–Trinajstić information content (AvgIpc) is 2.45. The topological polar surface area (TPSA) is 50.8 Å². The molecule has 0 aromatic rings. The molecule has 1 unspecified atom stereocenters. The Bertz CT molecular complexity index is 267. The second kappa shape index (κ2) is 7.07. The molecule has 0 saturated carbocycles. The first-order valence-corrected chi connectivity index (χ1v) is 6.93. The van der Waals surface area contributed by atoms with Crippen LogP contribution < -0.4 is 5.32 Å². The van der Waals surface area contributed by atoms with Gasteiger partial charge in [-0.2, -0.15) is 0 Å². The third kappa shape index (κ3) is 3.43. The lowest BCUT2D eigenvalue weighted by Crippen LogP contribution is -2.52. The number of rotatable bonds is 4. The molecule has 1 amide bonds. The zero-order chi connectivity index (χ0) is 12.8. The van der Waals surface area contributed by atoms with Crippen molar-refractivity contribution in [2.24, 2.45) is 5.92 Å². The van der Waals surface area contributed by atoms with Crippen LogP contribution in [0.4, 0.5) is 0 Å². The fraction of sp³-hybridized carbons (Fsp3) is 0.923. The standard InChI is InChI=1S/C13H24N2O3/c1-14-5-2-12-10-18-9-6-15(12)13(16)11-3-7-17-8-4-11/h11-12,14H,2-10H2,1H3. The van der Waals surface area contributed by atoms with Gasteiger partial charge < -0.3 is 19.7 Å². The van der Waals surface area contributed by atoms with Gasteiger partial charge in [-0.1, -0.05) is 0 Å². The molecule has 0 spiro atoms. The summed E-state index contributed by atoms with van der Waals surface area (Å²) in [7, 11) is 1.94. The molecule has 0 aliphatic carbocycles. The summed E-state index contributed by atoms with van der Waals surface area (Å²) in [6.45, 7) is 4.46. The molecule has 2 saturated heterocycles. The fourth-order valence-corrected chi connectivity index (χ4v) is 2.67. The van der Waals surface area contributed by atoms with Crippen molar-refractivity contribution in [3.8, 4) is 0 Å². The average molecular weight is 256 g/mol. The van der Waals surface area contributed by atoms with Gasteiger partial charge in [0.05, 0.1) is 19.3 Å². The lowest BCUT2D eigenvalue weighted by Gasteiger charge is -2.38. The van der Waals surface area contributed by atoms with E-state index in [4.69, 9.17) is 9.47 Å². The number of hydrogen-bond acceptors (Lipinski definition) is 4. The van der Waals surface area contributed by atoms with Gasteiger partial charge in [0.25, 0.3) is 0 Å². The molecule has 0 aromatic carbocycles. The van der Waals surface area contributed by atoms with Gasteiger partial charge in [-0.05, 0) is 32.9 Å². The normalized spacial score (nSPS) is 26.3. The summed E-state index contributed by atoms with van der Waals surface area (Å²) in [6, 6.07) is 0.238. The van der Waals surface area contributed by atoms with E-state index in [1.54, 1.807) is 0 Å². The Hall–Kier alpha value is -0.650. The van der Waals surface area contributed by atoms with Crippen molar-refractivity contribution < 1.29 is 14.3 Å². The zero-order valence-corrected chi connectivity index (χ0v) is 11.2. The molecule has 0 radical (unpaired) electrons. The Morgan fingerprint density at radius 3 is 2.78 bits per heavy atom. The van der Waals surface area contributed by atoms with E-state index in [2.05, 4.69) is 5.32 Å². The van der Waals surface area contributed by atoms with Crippen LogP contribution in [0.2, 0.25) is 0 Å². The van der Waals surface area contributed by atoms with Crippen LogP contribution in [0.25, 0.3) is 0 Å². The van der Waals surface area contributed by atoms with E-state index >= 15 is 0 Å². The van der Waals surface area contributed by atoms with Crippen LogP contribution in [0.1, 0.15) is 19.3 Å². The summed E-state index contributed by atoms with van der Waals surface area (Å²) < 4.78 is 10.8. The molecule has 104 valence electrons. The number of amides is 1. The second-order valence-electron chi connectivity index (χ2n) is 5.04. The molecular formula is C13H24N2O3. The number of morpholine rings is 1. The molecule has 18 heavy (non-hydrogen) atoms. The van der Waals surface area contributed by atoms with Crippen molar-refractivity contribution in [1.29, 1.82) is 0 Å². The van der Waals surface area contributed by atoms with Gasteiger partial charge in [-0.3, -0.25) is 4.79 Å². The fourth-order valence-electron chi connectivity index (χ4n) is 2.67. The third-order valence-electron chi connectivity index (χ3n) is 3.81. The number of carbonyl (C=O) groups excluding carboxylic acids is 1. The molecule has 1 atom stereocenters. The molecule has 1 N–H and O–H groups in total. The minimum absolute atomic E-state index is 0.161. The molecule has 2 rings (SSSR count). The highest BCUT2D eigenvalue weighted by Crippen LogP contribution is 2.21. The van der Waals surface area contributed by atoms with Crippen LogP contribution in [0, 0.1) is 5.92 Å². The first-order chi connectivity index (χ1) is 8.83. The van der Waals surface area contributed by atoms with Gasteiger partial charge in [0.1, 0.15) is 0 Å². The predicted octanol–water partition coefficient (Wildman–Crippen LogP) is 0.250. The molecule has 0 aromatic heterocycles. The zero-order valence-electron chi connectivity index (χ0n) is 11.2. The molecule has 2 aliphatic rings. The summed E-state index contributed by atoms with van der Waals surface area (Å²) in [5.74, 6) is 0.469. The quantitative estimate of drug-likeness (QED) is 0.783. The first kappa shape index (κ1) is 13.8. The van der Waals surface area contributed by atoms with Gasteiger partial charge in [0.15, 0.2) is 0 Å². The van der Waals surface area contributed by atoms with Crippen molar-refractivity contribution in [2.45, 2.75) is 25.3 Å². The monoisotopic (exact) mass is 256 g/mol. The largest absolute Gasteiger partial charge is 0.381 e. The van der Waals surface area contributed by atoms with E-state index < -0.39 is 0 Å². The lowest BCUT2D eigenvalue weighted by molar-refractivity contribution is -0.147. The van der Waals surface area contributed by atoms with Crippen molar-refractivity contribution in [1.82, 2.24) is 10.2 Å². The lowest BCUT2D eigenvalue weighted by atomic mass is 9.97. The Labute approximate surface area is 109 Å². The third-order valence-corrected chi connectivity index (χ3v) is 3.81. The second-order valence-corrected chi connectivity index (χ2v) is 5.04. The Balaban J connectivity index is 1.91. The summed E-state index contributed by atoms with van der Waals surface area (Å²) in [5.41, 5.74) is 0. The summed E-state index contributed by atoms with van der Waals surface area (Å²) >= 11 is 0. The molecule has 2 fully saturated rings. The Morgan fingerprint density at radius 1 is 1.28 bits per heavy atom. The van der Waals surface area contributed by atoms with Crippen LogP contribution in [-0.4, -0.2) is 63.4 Å².